The summed E-state index contributed by atoms with van der Waals surface area (Å²) in [5, 5.41) is 1.83. The highest BCUT2D eigenvalue weighted by Crippen LogP contribution is 2.32. The van der Waals surface area contributed by atoms with Crippen molar-refractivity contribution in [3.8, 4) is 0 Å². The summed E-state index contributed by atoms with van der Waals surface area (Å²) >= 11 is 1.40. The molecular formula is C8H7NO2S. The van der Waals surface area contributed by atoms with E-state index >= 15 is 0 Å². The Hall–Kier alpha value is -1.16. The van der Waals surface area contributed by atoms with Crippen LogP contribution in [0.2, 0.25) is 0 Å². The lowest BCUT2D eigenvalue weighted by Crippen LogP contribution is -2.27. The fraction of sp³-hybridized carbons (Fsp3) is 0.250. The first kappa shape index (κ1) is 7.49. The number of carbonyl (C=O) groups is 2. The lowest BCUT2D eigenvalue weighted by molar-refractivity contribution is -0.116. The summed E-state index contributed by atoms with van der Waals surface area (Å²) in [4.78, 5) is 24.5. The molecule has 2 rings (SSSR count). The van der Waals surface area contributed by atoms with Gasteiger partial charge in [-0.3, -0.25) is 9.59 Å². The molecule has 0 spiro atoms. The zero-order chi connectivity index (χ0) is 8.72. The van der Waals surface area contributed by atoms with Gasteiger partial charge in [0.2, 0.25) is 5.91 Å². The SMILES string of the molecule is CC(=O)N1CC(=O)c2sccc21. The Labute approximate surface area is 73.6 Å². The second kappa shape index (κ2) is 2.42. The third kappa shape index (κ3) is 0.881. The van der Waals surface area contributed by atoms with Crippen molar-refractivity contribution in [2.75, 3.05) is 11.4 Å². The van der Waals surface area contributed by atoms with Crippen LogP contribution in [0.5, 0.6) is 0 Å². The van der Waals surface area contributed by atoms with Crippen LogP contribution in [0.4, 0.5) is 5.69 Å². The molecule has 0 aromatic carbocycles. The maximum Gasteiger partial charge on any atom is 0.224 e. The van der Waals surface area contributed by atoms with Crippen molar-refractivity contribution in [3.05, 3.63) is 16.3 Å². The highest BCUT2D eigenvalue weighted by molar-refractivity contribution is 7.13. The normalized spacial score (nSPS) is 15.1. The van der Waals surface area contributed by atoms with Gasteiger partial charge in [0, 0.05) is 6.92 Å². The van der Waals surface area contributed by atoms with Crippen LogP contribution in [-0.4, -0.2) is 18.2 Å². The van der Waals surface area contributed by atoms with E-state index in [1.165, 1.54) is 23.2 Å². The topological polar surface area (TPSA) is 37.4 Å². The molecule has 0 radical (unpaired) electrons. The molecule has 4 heteroatoms. The molecule has 0 saturated carbocycles. The lowest BCUT2D eigenvalue weighted by Gasteiger charge is -2.10. The molecule has 0 atom stereocenters. The van der Waals surface area contributed by atoms with Gasteiger partial charge in [-0.25, -0.2) is 0 Å². The Morgan fingerprint density at radius 1 is 1.67 bits per heavy atom. The van der Waals surface area contributed by atoms with Crippen molar-refractivity contribution in [2.24, 2.45) is 0 Å². The number of nitrogens with zero attached hydrogens (tertiary/aromatic N) is 1. The minimum atomic E-state index is -0.0690. The molecule has 1 aliphatic rings. The zero-order valence-corrected chi connectivity index (χ0v) is 7.35. The van der Waals surface area contributed by atoms with Crippen molar-refractivity contribution in [3.63, 3.8) is 0 Å². The summed E-state index contributed by atoms with van der Waals surface area (Å²) in [5.41, 5.74) is 0.775. The van der Waals surface area contributed by atoms with Gasteiger partial charge in [-0.15, -0.1) is 11.3 Å². The number of carbonyl (C=O) groups excluding carboxylic acids is 2. The number of anilines is 1. The highest BCUT2D eigenvalue weighted by atomic mass is 32.1. The van der Waals surface area contributed by atoms with E-state index in [0.29, 0.717) is 4.88 Å². The molecule has 12 heavy (non-hydrogen) atoms. The van der Waals surface area contributed by atoms with E-state index in [4.69, 9.17) is 0 Å². The molecular weight excluding hydrogens is 174 g/mol. The van der Waals surface area contributed by atoms with Crippen molar-refractivity contribution in [1.82, 2.24) is 0 Å². The standard InChI is InChI=1S/C8H7NO2S/c1-5(10)9-4-7(11)8-6(9)2-3-12-8/h2-3H,4H2,1H3. The van der Waals surface area contributed by atoms with Crippen LogP contribution in [0.1, 0.15) is 16.6 Å². The summed E-state index contributed by atoms with van der Waals surface area (Å²) in [5.74, 6) is -0.0179. The van der Waals surface area contributed by atoms with E-state index < -0.39 is 0 Å². The first-order chi connectivity index (χ1) is 5.70. The number of Topliss-reactive ketones (excluding diaryl/α,β-unsaturated/α-hetero) is 1. The average Bonchev–Trinajstić information content (AvgIpc) is 2.53. The molecule has 0 fully saturated rings. The predicted octanol–water partition coefficient (Wildman–Crippen LogP) is 1.30. The molecule has 1 aromatic rings. The third-order valence-electron chi connectivity index (χ3n) is 1.87. The first-order valence-corrected chi connectivity index (χ1v) is 4.47. The smallest absolute Gasteiger partial charge is 0.224 e. The fourth-order valence-corrected chi connectivity index (χ4v) is 2.13. The number of hydrogen-bond acceptors (Lipinski definition) is 3. The highest BCUT2D eigenvalue weighted by Gasteiger charge is 2.29. The van der Waals surface area contributed by atoms with Gasteiger partial charge in [-0.05, 0) is 11.4 Å². The quantitative estimate of drug-likeness (QED) is 0.605. The van der Waals surface area contributed by atoms with E-state index in [1.807, 2.05) is 11.4 Å². The van der Waals surface area contributed by atoms with Crippen LogP contribution in [0.3, 0.4) is 0 Å². The van der Waals surface area contributed by atoms with Gasteiger partial charge < -0.3 is 4.90 Å². The molecule has 3 nitrogen and oxygen atoms in total. The fourth-order valence-electron chi connectivity index (χ4n) is 1.31. The van der Waals surface area contributed by atoms with Gasteiger partial charge in [0.05, 0.1) is 17.1 Å². The Kier molecular flexibility index (Phi) is 1.51. The second-order valence-electron chi connectivity index (χ2n) is 2.66. The molecule has 1 aliphatic heterocycles. The molecule has 1 aromatic heterocycles. The van der Waals surface area contributed by atoms with Crippen LogP contribution in [-0.2, 0) is 4.79 Å². The first-order valence-electron chi connectivity index (χ1n) is 3.59. The Balaban J connectivity index is 2.48. The maximum atomic E-state index is 11.3. The average molecular weight is 181 g/mol. The third-order valence-corrected chi connectivity index (χ3v) is 2.82. The number of rotatable bonds is 0. The molecule has 0 unspecified atom stereocenters. The molecule has 0 aliphatic carbocycles. The van der Waals surface area contributed by atoms with Crippen LogP contribution < -0.4 is 4.90 Å². The molecule has 0 bridgehead atoms. The van der Waals surface area contributed by atoms with Crippen LogP contribution in [0.15, 0.2) is 11.4 Å². The van der Waals surface area contributed by atoms with E-state index in [2.05, 4.69) is 0 Å². The summed E-state index contributed by atoms with van der Waals surface area (Å²) in [7, 11) is 0. The molecule has 1 amide bonds. The van der Waals surface area contributed by atoms with Crippen molar-refractivity contribution >= 4 is 28.7 Å². The largest absolute Gasteiger partial charge is 0.303 e. The van der Waals surface area contributed by atoms with Gasteiger partial charge in [0.25, 0.3) is 0 Å². The van der Waals surface area contributed by atoms with Gasteiger partial charge >= 0.3 is 0 Å². The van der Waals surface area contributed by atoms with Crippen LogP contribution in [0, 0.1) is 0 Å². The van der Waals surface area contributed by atoms with E-state index in [0.717, 1.165) is 5.69 Å². The van der Waals surface area contributed by atoms with Crippen LogP contribution >= 0.6 is 11.3 Å². The van der Waals surface area contributed by atoms with Crippen molar-refractivity contribution in [2.45, 2.75) is 6.92 Å². The Morgan fingerprint density at radius 3 is 3.08 bits per heavy atom. The number of fused-ring (bicyclic) bond motifs is 1. The molecule has 0 saturated heterocycles. The van der Waals surface area contributed by atoms with Gasteiger partial charge in [-0.2, -0.15) is 0 Å². The summed E-state index contributed by atoms with van der Waals surface area (Å²) in [6.07, 6.45) is 0. The van der Waals surface area contributed by atoms with Gasteiger partial charge in [0.15, 0.2) is 5.78 Å². The monoisotopic (exact) mass is 181 g/mol. The minimum Gasteiger partial charge on any atom is -0.303 e. The number of amides is 1. The maximum absolute atomic E-state index is 11.3. The molecule has 2 heterocycles. The molecule has 0 N–H and O–H groups in total. The van der Waals surface area contributed by atoms with E-state index in [1.54, 1.807) is 0 Å². The zero-order valence-electron chi connectivity index (χ0n) is 6.53. The number of thiophene rings is 1. The predicted molar refractivity (Wildman–Crippen MR) is 46.7 cm³/mol. The van der Waals surface area contributed by atoms with Gasteiger partial charge in [-0.1, -0.05) is 0 Å². The summed E-state index contributed by atoms with van der Waals surface area (Å²) in [6, 6.07) is 1.81. The van der Waals surface area contributed by atoms with Gasteiger partial charge in [0.1, 0.15) is 0 Å². The van der Waals surface area contributed by atoms with E-state index in [-0.39, 0.29) is 18.2 Å². The van der Waals surface area contributed by atoms with Crippen LogP contribution in [0.25, 0.3) is 0 Å². The number of hydrogen-bond donors (Lipinski definition) is 0. The molecule has 62 valence electrons. The lowest BCUT2D eigenvalue weighted by atomic mass is 10.4. The Morgan fingerprint density at radius 2 is 2.42 bits per heavy atom. The summed E-state index contributed by atoms with van der Waals surface area (Å²) in [6.45, 7) is 1.69. The van der Waals surface area contributed by atoms with Crippen molar-refractivity contribution < 1.29 is 9.59 Å². The minimum absolute atomic E-state index is 0.0511. The van der Waals surface area contributed by atoms with Crippen molar-refractivity contribution in [1.29, 1.82) is 0 Å². The Bertz CT molecular complexity index is 356. The second-order valence-corrected chi connectivity index (χ2v) is 3.58. The van der Waals surface area contributed by atoms with E-state index in [9.17, 15) is 9.59 Å². The number of ketones is 1. The summed E-state index contributed by atoms with van der Waals surface area (Å²) < 4.78 is 0.